The fourth-order valence-electron chi connectivity index (χ4n) is 5.59. The normalized spacial score (nSPS) is 17.0. The summed E-state index contributed by atoms with van der Waals surface area (Å²) in [5.74, 6) is 0.379. The summed E-state index contributed by atoms with van der Waals surface area (Å²) in [7, 11) is 0. The monoisotopic (exact) mass is 468 g/mol. The van der Waals surface area contributed by atoms with Crippen LogP contribution in [0.5, 0.6) is 5.88 Å². The number of rotatable bonds is 8. The Bertz CT molecular complexity index is 1240. The molecule has 0 spiro atoms. The standard InChI is InChI=1S/C31H36N2O2/c1-2-8-24-13-15-27(16-14-24)31(35,26-10-4-3-5-11-26)19-22-32-20-17-28(18-21-32)33-23-25-9-6-7-12-29(25)30(33)34/h3-7,9-16,23,28,34-35H,2,8,17-22H2,1H3. The topological polar surface area (TPSA) is 48.6 Å². The van der Waals surface area contributed by atoms with E-state index in [0.29, 0.717) is 18.3 Å². The molecule has 2 N–H and O–H groups in total. The van der Waals surface area contributed by atoms with Gasteiger partial charge in [-0.1, -0.05) is 86.1 Å². The molecule has 1 aliphatic rings. The number of nitrogens with zero attached hydrogens (tertiary/aromatic N) is 2. The van der Waals surface area contributed by atoms with E-state index in [2.05, 4.69) is 52.9 Å². The minimum Gasteiger partial charge on any atom is -0.494 e. The number of aliphatic hydroxyl groups is 1. The molecule has 35 heavy (non-hydrogen) atoms. The maximum absolute atomic E-state index is 12.0. The number of benzene rings is 3. The summed E-state index contributed by atoms with van der Waals surface area (Å²) >= 11 is 0. The number of aromatic nitrogens is 1. The molecule has 1 atom stereocenters. The largest absolute Gasteiger partial charge is 0.494 e. The van der Waals surface area contributed by atoms with Crippen molar-refractivity contribution < 1.29 is 10.2 Å². The average Bonchev–Trinajstić information content (AvgIpc) is 3.25. The highest BCUT2D eigenvalue weighted by molar-refractivity contribution is 5.87. The molecule has 5 rings (SSSR count). The van der Waals surface area contributed by atoms with E-state index in [0.717, 1.165) is 67.2 Å². The van der Waals surface area contributed by atoms with E-state index in [1.165, 1.54) is 5.56 Å². The zero-order chi connectivity index (χ0) is 24.3. The third kappa shape index (κ3) is 4.86. The molecule has 4 aromatic rings. The van der Waals surface area contributed by atoms with Crippen LogP contribution in [0.2, 0.25) is 0 Å². The predicted octanol–water partition coefficient (Wildman–Crippen LogP) is 6.26. The number of aryl methyl sites for hydroxylation is 1. The Labute approximate surface area is 208 Å². The lowest BCUT2D eigenvalue weighted by molar-refractivity contribution is 0.0518. The van der Waals surface area contributed by atoms with Crippen molar-refractivity contribution in [3.05, 3.63) is 102 Å². The summed E-state index contributed by atoms with van der Waals surface area (Å²) in [6, 6.07) is 26.9. The molecule has 1 unspecified atom stereocenters. The molecule has 182 valence electrons. The van der Waals surface area contributed by atoms with Crippen LogP contribution in [-0.2, 0) is 12.0 Å². The summed E-state index contributed by atoms with van der Waals surface area (Å²) in [5, 5.41) is 24.7. The van der Waals surface area contributed by atoms with E-state index >= 15 is 0 Å². The van der Waals surface area contributed by atoms with Gasteiger partial charge in [0.05, 0.1) is 0 Å². The number of hydrogen-bond acceptors (Lipinski definition) is 3. The minimum atomic E-state index is -1.01. The molecule has 0 bridgehead atoms. The zero-order valence-corrected chi connectivity index (χ0v) is 20.6. The second kappa shape index (κ2) is 10.3. The van der Waals surface area contributed by atoms with E-state index in [4.69, 9.17) is 0 Å². The van der Waals surface area contributed by atoms with Crippen molar-refractivity contribution in [2.45, 2.75) is 50.7 Å². The summed E-state index contributed by atoms with van der Waals surface area (Å²) in [6.45, 7) is 4.93. The molecular formula is C31H36N2O2. The maximum atomic E-state index is 12.0. The molecule has 2 heterocycles. The van der Waals surface area contributed by atoms with Crippen molar-refractivity contribution in [1.29, 1.82) is 0 Å². The minimum absolute atomic E-state index is 0.303. The van der Waals surface area contributed by atoms with E-state index in [9.17, 15) is 10.2 Å². The zero-order valence-electron chi connectivity index (χ0n) is 20.6. The molecule has 0 saturated carbocycles. The highest BCUT2D eigenvalue weighted by Gasteiger charge is 2.33. The molecule has 1 aromatic heterocycles. The molecule has 0 radical (unpaired) electrons. The van der Waals surface area contributed by atoms with Gasteiger partial charge >= 0.3 is 0 Å². The third-order valence-electron chi connectivity index (χ3n) is 7.69. The van der Waals surface area contributed by atoms with Gasteiger partial charge < -0.3 is 19.7 Å². The lowest BCUT2D eigenvalue weighted by Gasteiger charge is -2.36. The number of piperidine rings is 1. The van der Waals surface area contributed by atoms with Gasteiger partial charge in [-0.2, -0.15) is 0 Å². The molecule has 1 saturated heterocycles. The molecule has 1 fully saturated rings. The molecule has 1 aliphatic heterocycles. The van der Waals surface area contributed by atoms with Gasteiger partial charge in [0.15, 0.2) is 5.88 Å². The van der Waals surface area contributed by atoms with Crippen molar-refractivity contribution >= 4 is 10.8 Å². The fourth-order valence-corrected chi connectivity index (χ4v) is 5.59. The van der Waals surface area contributed by atoms with Gasteiger partial charge in [0.2, 0.25) is 0 Å². The Morgan fingerprint density at radius 1 is 0.857 bits per heavy atom. The van der Waals surface area contributed by atoms with E-state index in [-0.39, 0.29) is 0 Å². The number of aromatic hydroxyl groups is 1. The fraction of sp³-hybridized carbons (Fsp3) is 0.355. The Hall–Kier alpha value is -3.08. The van der Waals surface area contributed by atoms with Crippen LogP contribution in [-0.4, -0.2) is 39.3 Å². The molecule has 3 aromatic carbocycles. The SMILES string of the molecule is CCCc1ccc(C(O)(CCN2CCC(n3cc4ccccc4c3O)CC2)c2ccccc2)cc1. The Kier molecular flexibility index (Phi) is 6.94. The van der Waals surface area contributed by atoms with Gasteiger partial charge in [-0.05, 0) is 48.4 Å². The van der Waals surface area contributed by atoms with Crippen molar-refractivity contribution in [1.82, 2.24) is 9.47 Å². The van der Waals surface area contributed by atoms with Gasteiger partial charge in [-0.25, -0.2) is 0 Å². The summed E-state index contributed by atoms with van der Waals surface area (Å²) in [6.07, 6.45) is 6.89. The van der Waals surface area contributed by atoms with Crippen LogP contribution in [0.3, 0.4) is 0 Å². The van der Waals surface area contributed by atoms with Gasteiger partial charge in [0, 0.05) is 42.6 Å². The maximum Gasteiger partial charge on any atom is 0.199 e. The molecular weight excluding hydrogens is 432 g/mol. The molecule has 0 aliphatic carbocycles. The average molecular weight is 469 g/mol. The number of hydrogen-bond donors (Lipinski definition) is 2. The van der Waals surface area contributed by atoms with Gasteiger partial charge in [-0.15, -0.1) is 0 Å². The van der Waals surface area contributed by atoms with Crippen LogP contribution in [0.15, 0.2) is 85.1 Å². The molecule has 0 amide bonds. The van der Waals surface area contributed by atoms with Crippen LogP contribution in [0.4, 0.5) is 0 Å². The number of likely N-dealkylation sites (tertiary alicyclic amines) is 1. The van der Waals surface area contributed by atoms with Crippen LogP contribution < -0.4 is 0 Å². The van der Waals surface area contributed by atoms with Crippen molar-refractivity contribution in [3.63, 3.8) is 0 Å². The van der Waals surface area contributed by atoms with Crippen LogP contribution >= 0.6 is 0 Å². The Morgan fingerprint density at radius 2 is 1.51 bits per heavy atom. The Morgan fingerprint density at radius 3 is 2.20 bits per heavy atom. The molecule has 4 heteroatoms. The van der Waals surface area contributed by atoms with Crippen molar-refractivity contribution in [2.24, 2.45) is 0 Å². The number of fused-ring (bicyclic) bond motifs is 1. The summed E-state index contributed by atoms with van der Waals surface area (Å²) < 4.78 is 2.06. The quantitative estimate of drug-likeness (QED) is 0.321. The van der Waals surface area contributed by atoms with E-state index in [1.54, 1.807) is 0 Å². The van der Waals surface area contributed by atoms with E-state index < -0.39 is 5.60 Å². The first-order valence-electron chi connectivity index (χ1n) is 13.0. The second-order valence-electron chi connectivity index (χ2n) is 9.94. The smallest absolute Gasteiger partial charge is 0.199 e. The first kappa shape index (κ1) is 23.7. The summed E-state index contributed by atoms with van der Waals surface area (Å²) in [4.78, 5) is 2.45. The van der Waals surface area contributed by atoms with Gasteiger partial charge in [0.1, 0.15) is 5.60 Å². The van der Waals surface area contributed by atoms with Crippen LogP contribution in [0.1, 0.15) is 55.3 Å². The van der Waals surface area contributed by atoms with E-state index in [1.807, 2.05) is 48.5 Å². The van der Waals surface area contributed by atoms with Crippen molar-refractivity contribution in [3.8, 4) is 5.88 Å². The Balaban J connectivity index is 1.28. The first-order chi connectivity index (χ1) is 17.1. The van der Waals surface area contributed by atoms with Crippen LogP contribution in [0.25, 0.3) is 10.8 Å². The summed E-state index contributed by atoms with van der Waals surface area (Å²) in [5.41, 5.74) is 2.21. The van der Waals surface area contributed by atoms with Gasteiger partial charge in [0.25, 0.3) is 0 Å². The molecule has 4 nitrogen and oxygen atoms in total. The first-order valence-corrected chi connectivity index (χ1v) is 13.0. The lowest BCUT2D eigenvalue weighted by Crippen LogP contribution is -2.39. The second-order valence-corrected chi connectivity index (χ2v) is 9.94. The van der Waals surface area contributed by atoms with Crippen LogP contribution in [0, 0.1) is 0 Å². The van der Waals surface area contributed by atoms with Crippen molar-refractivity contribution in [2.75, 3.05) is 19.6 Å². The third-order valence-corrected chi connectivity index (χ3v) is 7.69. The van der Waals surface area contributed by atoms with Gasteiger partial charge in [-0.3, -0.25) is 0 Å². The predicted molar refractivity (Wildman–Crippen MR) is 143 cm³/mol. The highest BCUT2D eigenvalue weighted by atomic mass is 16.3. The highest BCUT2D eigenvalue weighted by Crippen LogP contribution is 2.36. The lowest BCUT2D eigenvalue weighted by atomic mass is 9.82.